The van der Waals surface area contributed by atoms with Crippen molar-refractivity contribution in [1.29, 1.82) is 0 Å². The number of hydrogen-bond acceptors (Lipinski definition) is 6. The van der Waals surface area contributed by atoms with Gasteiger partial charge in [0, 0.05) is 17.7 Å². The van der Waals surface area contributed by atoms with Crippen LogP contribution in [0.2, 0.25) is 0 Å². The summed E-state index contributed by atoms with van der Waals surface area (Å²) in [4.78, 5) is 21.6. The van der Waals surface area contributed by atoms with E-state index in [1.54, 1.807) is 18.2 Å². The van der Waals surface area contributed by atoms with Gasteiger partial charge in [-0.25, -0.2) is 12.8 Å². The third-order valence-corrected chi connectivity index (χ3v) is 6.50. The summed E-state index contributed by atoms with van der Waals surface area (Å²) in [6.45, 7) is -0.303. The Hall–Kier alpha value is -3.79. The van der Waals surface area contributed by atoms with Crippen LogP contribution in [0.4, 0.5) is 15.8 Å². The number of methoxy groups -OCH3 is 1. The van der Waals surface area contributed by atoms with Crippen molar-refractivity contribution in [3.63, 3.8) is 0 Å². The van der Waals surface area contributed by atoms with Crippen LogP contribution in [0.3, 0.4) is 0 Å². The highest BCUT2D eigenvalue weighted by atomic mass is 32.2. The van der Waals surface area contributed by atoms with Gasteiger partial charge in [-0.2, -0.15) is 0 Å². The highest BCUT2D eigenvalue weighted by molar-refractivity contribution is 7.92. The van der Waals surface area contributed by atoms with E-state index >= 15 is 0 Å². The molecule has 10 heteroatoms. The number of carbonyl (C=O) groups excluding carboxylic acids is 1. The number of halogens is 1. The normalized spacial score (nSPS) is 11.1. The summed E-state index contributed by atoms with van der Waals surface area (Å²) < 4.78 is 46.7. The second kappa shape index (κ2) is 9.56. The van der Waals surface area contributed by atoms with Gasteiger partial charge in [0.15, 0.2) is 0 Å². The van der Waals surface area contributed by atoms with Crippen molar-refractivity contribution < 1.29 is 27.3 Å². The minimum Gasteiger partial charge on any atom is -0.469 e. The zero-order valence-electron chi connectivity index (χ0n) is 17.0. The summed E-state index contributed by atoms with van der Waals surface area (Å²) in [7, 11) is -2.93. The van der Waals surface area contributed by atoms with Gasteiger partial charge in [-0.05, 0) is 35.9 Å². The van der Waals surface area contributed by atoms with Crippen molar-refractivity contribution in [3.8, 4) is 0 Å². The molecule has 3 aromatic carbocycles. The van der Waals surface area contributed by atoms with E-state index in [0.29, 0.717) is 5.56 Å². The maximum atomic E-state index is 14.3. The molecule has 0 bridgehead atoms. The fourth-order valence-electron chi connectivity index (χ4n) is 2.98. The number of nitro groups is 1. The number of carbonyl (C=O) groups is 1. The number of hydrogen-bond donors (Lipinski definition) is 0. The third kappa shape index (κ3) is 5.09. The predicted molar refractivity (Wildman–Crippen MR) is 115 cm³/mol. The van der Waals surface area contributed by atoms with Crippen molar-refractivity contribution in [2.24, 2.45) is 0 Å². The maximum absolute atomic E-state index is 14.3. The van der Waals surface area contributed by atoms with Crippen molar-refractivity contribution in [2.45, 2.75) is 17.9 Å². The molecule has 0 N–H and O–H groups in total. The second-order valence-corrected chi connectivity index (χ2v) is 8.64. The monoisotopic (exact) mass is 458 g/mol. The molecule has 0 radical (unpaired) electrons. The van der Waals surface area contributed by atoms with Crippen molar-refractivity contribution >= 4 is 27.4 Å². The summed E-state index contributed by atoms with van der Waals surface area (Å²) in [5, 5.41) is 10.9. The molecule has 3 rings (SSSR count). The average molecular weight is 458 g/mol. The smallest absolute Gasteiger partial charge is 0.309 e. The van der Waals surface area contributed by atoms with Crippen LogP contribution in [0.15, 0.2) is 77.7 Å². The lowest BCUT2D eigenvalue weighted by atomic mass is 10.1. The van der Waals surface area contributed by atoms with Gasteiger partial charge in [0.1, 0.15) is 5.82 Å². The van der Waals surface area contributed by atoms with E-state index in [9.17, 15) is 27.7 Å². The Morgan fingerprint density at radius 3 is 2.22 bits per heavy atom. The lowest BCUT2D eigenvalue weighted by Crippen LogP contribution is -2.31. The third-order valence-electron chi connectivity index (χ3n) is 4.71. The number of non-ortho nitro benzene ring substituents is 1. The van der Waals surface area contributed by atoms with E-state index in [1.807, 2.05) is 0 Å². The van der Waals surface area contributed by atoms with Gasteiger partial charge >= 0.3 is 5.97 Å². The maximum Gasteiger partial charge on any atom is 0.309 e. The number of benzene rings is 3. The standard InChI is InChI=1S/C22H19FN2O6S/c1-31-22(26)14-16-6-8-18(9-7-16)24(15-17-4-2-3-5-21(17)23)32(29,30)20-12-10-19(11-13-20)25(27)28/h2-13H,14-15H2,1H3. The first-order valence-electron chi connectivity index (χ1n) is 9.38. The molecular weight excluding hydrogens is 439 g/mol. The molecule has 0 saturated carbocycles. The summed E-state index contributed by atoms with van der Waals surface area (Å²) in [6.07, 6.45) is 0.0131. The molecule has 0 saturated heterocycles. The fraction of sp³-hybridized carbons (Fsp3) is 0.136. The van der Waals surface area contributed by atoms with Crippen LogP contribution in [0, 0.1) is 15.9 Å². The van der Waals surface area contributed by atoms with Gasteiger partial charge in [0.2, 0.25) is 0 Å². The number of anilines is 1. The first-order chi connectivity index (χ1) is 15.2. The Bertz CT molecular complexity index is 1230. The summed E-state index contributed by atoms with van der Waals surface area (Å²) in [5.74, 6) is -1.02. The van der Waals surface area contributed by atoms with Gasteiger partial charge in [0.25, 0.3) is 15.7 Å². The zero-order valence-corrected chi connectivity index (χ0v) is 17.8. The molecule has 0 aromatic heterocycles. The SMILES string of the molecule is COC(=O)Cc1ccc(N(Cc2ccccc2F)S(=O)(=O)c2ccc([N+](=O)[O-])cc2)cc1. The van der Waals surface area contributed by atoms with E-state index in [-0.39, 0.29) is 34.8 Å². The van der Waals surface area contributed by atoms with Crippen molar-refractivity contribution in [2.75, 3.05) is 11.4 Å². The largest absolute Gasteiger partial charge is 0.469 e. The molecule has 166 valence electrons. The van der Waals surface area contributed by atoms with E-state index in [2.05, 4.69) is 4.74 Å². The number of nitrogens with zero attached hydrogens (tertiary/aromatic N) is 2. The van der Waals surface area contributed by atoms with E-state index in [1.165, 1.54) is 37.4 Å². The van der Waals surface area contributed by atoms with Gasteiger partial charge in [0.05, 0.1) is 35.6 Å². The van der Waals surface area contributed by atoms with E-state index in [4.69, 9.17) is 0 Å². The van der Waals surface area contributed by atoms with Gasteiger partial charge in [-0.1, -0.05) is 30.3 Å². The molecule has 0 atom stereocenters. The number of sulfonamides is 1. The molecule has 0 aliphatic heterocycles. The summed E-state index contributed by atoms with van der Waals surface area (Å²) in [6, 6.07) is 16.4. The van der Waals surface area contributed by atoms with Gasteiger partial charge in [-0.15, -0.1) is 0 Å². The van der Waals surface area contributed by atoms with Crippen LogP contribution in [0.5, 0.6) is 0 Å². The Labute approximate surface area is 184 Å². The molecule has 0 amide bonds. The van der Waals surface area contributed by atoms with E-state index < -0.39 is 26.7 Å². The predicted octanol–water partition coefficient (Wildman–Crippen LogP) is 3.84. The topological polar surface area (TPSA) is 107 Å². The lowest BCUT2D eigenvalue weighted by Gasteiger charge is -2.25. The number of rotatable bonds is 8. The Kier molecular flexibility index (Phi) is 6.84. The zero-order chi connectivity index (χ0) is 23.3. The van der Waals surface area contributed by atoms with Crippen molar-refractivity contribution in [3.05, 3.63) is 99.9 Å². The molecule has 32 heavy (non-hydrogen) atoms. The fourth-order valence-corrected chi connectivity index (χ4v) is 4.43. The first-order valence-corrected chi connectivity index (χ1v) is 10.8. The first kappa shape index (κ1) is 22.9. The summed E-state index contributed by atoms with van der Waals surface area (Å²) >= 11 is 0. The lowest BCUT2D eigenvalue weighted by molar-refractivity contribution is -0.384. The molecule has 0 aliphatic rings. The van der Waals surface area contributed by atoms with Crippen molar-refractivity contribution in [1.82, 2.24) is 0 Å². The number of nitro benzene ring substituents is 1. The molecular formula is C22H19FN2O6S. The molecule has 0 unspecified atom stereocenters. The highest BCUT2D eigenvalue weighted by Crippen LogP contribution is 2.28. The van der Waals surface area contributed by atoms with Crippen LogP contribution < -0.4 is 4.31 Å². The van der Waals surface area contributed by atoms with Crippen LogP contribution in [-0.4, -0.2) is 26.4 Å². The molecule has 0 spiro atoms. The second-order valence-electron chi connectivity index (χ2n) is 6.77. The quantitative estimate of drug-likeness (QED) is 0.288. The van der Waals surface area contributed by atoms with Crippen LogP contribution in [0.25, 0.3) is 0 Å². The van der Waals surface area contributed by atoms with Crippen LogP contribution in [0.1, 0.15) is 11.1 Å². The van der Waals surface area contributed by atoms with Crippen LogP contribution >= 0.6 is 0 Å². The molecule has 0 aliphatic carbocycles. The molecule has 0 heterocycles. The molecule has 3 aromatic rings. The number of esters is 1. The Morgan fingerprint density at radius 2 is 1.66 bits per heavy atom. The summed E-state index contributed by atoms with van der Waals surface area (Å²) in [5.41, 5.74) is 0.743. The van der Waals surface area contributed by atoms with Crippen LogP contribution in [-0.2, 0) is 32.5 Å². The minimum absolute atomic E-state index is 0.0131. The Morgan fingerprint density at radius 1 is 1.03 bits per heavy atom. The Balaban J connectivity index is 2.03. The molecule has 0 fully saturated rings. The minimum atomic E-state index is -4.20. The van der Waals surface area contributed by atoms with Gasteiger partial charge in [-0.3, -0.25) is 19.2 Å². The average Bonchev–Trinajstić information content (AvgIpc) is 2.79. The van der Waals surface area contributed by atoms with E-state index in [0.717, 1.165) is 28.6 Å². The highest BCUT2D eigenvalue weighted by Gasteiger charge is 2.27. The molecule has 8 nitrogen and oxygen atoms in total. The number of ether oxygens (including phenoxy) is 1. The van der Waals surface area contributed by atoms with Gasteiger partial charge < -0.3 is 4.74 Å².